The number of benzene rings is 1. The van der Waals surface area contributed by atoms with Crippen LogP contribution < -0.4 is 5.32 Å². The smallest absolute Gasteiger partial charge is 0.0720 e. The Bertz CT molecular complexity index is 377. The van der Waals surface area contributed by atoms with E-state index in [1.165, 1.54) is 36.8 Å². The lowest BCUT2D eigenvalue weighted by molar-refractivity contribution is 0.0114. The van der Waals surface area contributed by atoms with Crippen LogP contribution in [-0.2, 0) is 11.3 Å². The molecule has 0 aliphatic heterocycles. The molecule has 2 rings (SSSR count). The molecule has 0 amide bonds. The van der Waals surface area contributed by atoms with Gasteiger partial charge >= 0.3 is 0 Å². The fourth-order valence-electron chi connectivity index (χ4n) is 2.94. The summed E-state index contributed by atoms with van der Waals surface area (Å²) in [5.41, 5.74) is 2.70. The van der Waals surface area contributed by atoms with E-state index in [-0.39, 0.29) is 0 Å². The third-order valence-electron chi connectivity index (χ3n) is 4.30. The molecular formula is C18H29NO. The minimum absolute atomic E-state index is 0.453. The van der Waals surface area contributed by atoms with Crippen molar-refractivity contribution in [1.29, 1.82) is 0 Å². The van der Waals surface area contributed by atoms with E-state index in [1.54, 1.807) is 0 Å². The average Bonchev–Trinajstić information content (AvgIpc) is 2.47. The number of hydrogen-bond donors (Lipinski definition) is 1. The summed E-state index contributed by atoms with van der Waals surface area (Å²) in [7, 11) is 0. The molecule has 20 heavy (non-hydrogen) atoms. The van der Waals surface area contributed by atoms with Crippen molar-refractivity contribution >= 4 is 0 Å². The van der Waals surface area contributed by atoms with Gasteiger partial charge in [-0.1, -0.05) is 45.0 Å². The first kappa shape index (κ1) is 15.5. The van der Waals surface area contributed by atoms with Crippen LogP contribution in [0.15, 0.2) is 24.3 Å². The summed E-state index contributed by atoms with van der Waals surface area (Å²) >= 11 is 0. The lowest BCUT2D eigenvalue weighted by atomic mass is 9.93. The van der Waals surface area contributed by atoms with Crippen LogP contribution in [0.2, 0.25) is 0 Å². The number of ether oxygens (including phenoxy) is 1. The number of nitrogens with one attached hydrogen (secondary N) is 1. The quantitative estimate of drug-likeness (QED) is 0.838. The Hall–Kier alpha value is -0.860. The van der Waals surface area contributed by atoms with Crippen LogP contribution in [-0.4, -0.2) is 18.7 Å². The van der Waals surface area contributed by atoms with Crippen molar-refractivity contribution < 1.29 is 4.74 Å². The van der Waals surface area contributed by atoms with Crippen LogP contribution in [0.1, 0.15) is 63.5 Å². The molecule has 0 heterocycles. The molecule has 0 radical (unpaired) electrons. The van der Waals surface area contributed by atoms with Gasteiger partial charge in [-0.3, -0.25) is 0 Å². The summed E-state index contributed by atoms with van der Waals surface area (Å²) < 4.78 is 6.07. The van der Waals surface area contributed by atoms with Gasteiger partial charge in [0.2, 0.25) is 0 Å². The predicted molar refractivity (Wildman–Crippen MR) is 85.0 cm³/mol. The molecule has 0 atom stereocenters. The van der Waals surface area contributed by atoms with Crippen LogP contribution in [0.3, 0.4) is 0 Å². The molecule has 0 saturated heterocycles. The Morgan fingerprint density at radius 2 is 1.75 bits per heavy atom. The van der Waals surface area contributed by atoms with Crippen LogP contribution in [0.5, 0.6) is 0 Å². The Morgan fingerprint density at radius 1 is 1.10 bits per heavy atom. The number of rotatable bonds is 6. The van der Waals surface area contributed by atoms with Gasteiger partial charge < -0.3 is 10.1 Å². The van der Waals surface area contributed by atoms with E-state index < -0.39 is 0 Å². The van der Waals surface area contributed by atoms with Gasteiger partial charge in [0.25, 0.3) is 0 Å². The van der Waals surface area contributed by atoms with Crippen molar-refractivity contribution in [2.24, 2.45) is 0 Å². The monoisotopic (exact) mass is 275 g/mol. The van der Waals surface area contributed by atoms with Crippen molar-refractivity contribution in [2.75, 3.05) is 6.54 Å². The molecule has 2 nitrogen and oxygen atoms in total. The first-order valence-corrected chi connectivity index (χ1v) is 8.13. The van der Waals surface area contributed by atoms with Crippen molar-refractivity contribution in [3.8, 4) is 0 Å². The van der Waals surface area contributed by atoms with E-state index in [2.05, 4.69) is 50.4 Å². The number of hydrogen-bond acceptors (Lipinski definition) is 2. The van der Waals surface area contributed by atoms with E-state index in [0.717, 1.165) is 13.2 Å². The Morgan fingerprint density at radius 3 is 2.30 bits per heavy atom. The van der Waals surface area contributed by atoms with Crippen molar-refractivity contribution in [1.82, 2.24) is 5.32 Å². The fourth-order valence-corrected chi connectivity index (χ4v) is 2.94. The Kier molecular flexibility index (Phi) is 6.06. The second-order valence-electron chi connectivity index (χ2n) is 6.24. The normalized spacial score (nSPS) is 23.2. The van der Waals surface area contributed by atoms with Gasteiger partial charge in [-0.15, -0.1) is 0 Å². The first-order chi connectivity index (χ1) is 9.69. The van der Waals surface area contributed by atoms with E-state index in [9.17, 15) is 0 Å². The molecule has 1 aromatic carbocycles. The molecule has 1 aliphatic carbocycles. The minimum atomic E-state index is 0.453. The standard InChI is InChI=1S/C18H29NO/c1-4-19-17-9-11-18(12-10-17)20-13-15-5-7-16(8-6-15)14(2)3/h5-8,14,17-19H,4,9-13H2,1-3H3. The van der Waals surface area contributed by atoms with Crippen LogP contribution in [0.25, 0.3) is 0 Å². The first-order valence-electron chi connectivity index (χ1n) is 8.13. The third-order valence-corrected chi connectivity index (χ3v) is 4.30. The van der Waals surface area contributed by atoms with Gasteiger partial charge in [0.05, 0.1) is 12.7 Å². The molecule has 1 fully saturated rings. The summed E-state index contributed by atoms with van der Waals surface area (Å²) in [5.74, 6) is 0.603. The van der Waals surface area contributed by atoms with Gasteiger partial charge in [0, 0.05) is 6.04 Å². The average molecular weight is 275 g/mol. The zero-order chi connectivity index (χ0) is 14.4. The molecule has 1 N–H and O–H groups in total. The summed E-state index contributed by atoms with van der Waals surface area (Å²) in [5, 5.41) is 3.54. The highest BCUT2D eigenvalue weighted by Gasteiger charge is 2.20. The molecule has 1 aliphatic rings. The molecule has 0 spiro atoms. The third kappa shape index (κ3) is 4.60. The van der Waals surface area contributed by atoms with Crippen molar-refractivity contribution in [3.05, 3.63) is 35.4 Å². The van der Waals surface area contributed by atoms with Gasteiger partial charge in [-0.2, -0.15) is 0 Å². The fraction of sp³-hybridized carbons (Fsp3) is 0.667. The van der Waals surface area contributed by atoms with E-state index in [4.69, 9.17) is 4.74 Å². The highest BCUT2D eigenvalue weighted by atomic mass is 16.5. The molecule has 1 saturated carbocycles. The Labute approximate surface area is 123 Å². The van der Waals surface area contributed by atoms with Gasteiger partial charge in [-0.05, 0) is 49.3 Å². The zero-order valence-corrected chi connectivity index (χ0v) is 13.2. The van der Waals surface area contributed by atoms with Gasteiger partial charge in [0.15, 0.2) is 0 Å². The lowest BCUT2D eigenvalue weighted by Gasteiger charge is -2.29. The second kappa shape index (κ2) is 7.80. The second-order valence-corrected chi connectivity index (χ2v) is 6.24. The largest absolute Gasteiger partial charge is 0.374 e. The summed E-state index contributed by atoms with van der Waals surface area (Å²) in [6.45, 7) is 8.49. The predicted octanol–water partition coefficient (Wildman–Crippen LogP) is 4.25. The maximum atomic E-state index is 6.07. The van der Waals surface area contributed by atoms with Crippen LogP contribution in [0.4, 0.5) is 0 Å². The Balaban J connectivity index is 1.73. The summed E-state index contributed by atoms with van der Waals surface area (Å²) in [6, 6.07) is 9.58. The molecule has 1 aromatic rings. The molecule has 2 heteroatoms. The summed E-state index contributed by atoms with van der Waals surface area (Å²) in [6.07, 6.45) is 5.36. The topological polar surface area (TPSA) is 21.3 Å². The minimum Gasteiger partial charge on any atom is -0.374 e. The molecular weight excluding hydrogens is 246 g/mol. The zero-order valence-electron chi connectivity index (χ0n) is 13.2. The molecule has 112 valence electrons. The molecule has 0 aromatic heterocycles. The lowest BCUT2D eigenvalue weighted by Crippen LogP contribution is -2.35. The van der Waals surface area contributed by atoms with Crippen LogP contribution in [0, 0.1) is 0 Å². The van der Waals surface area contributed by atoms with E-state index >= 15 is 0 Å². The SMILES string of the molecule is CCNC1CCC(OCc2ccc(C(C)C)cc2)CC1. The van der Waals surface area contributed by atoms with Crippen LogP contribution >= 0.6 is 0 Å². The maximum Gasteiger partial charge on any atom is 0.0720 e. The molecule has 0 unspecified atom stereocenters. The highest BCUT2D eigenvalue weighted by Crippen LogP contribution is 2.22. The van der Waals surface area contributed by atoms with E-state index in [0.29, 0.717) is 18.1 Å². The molecule has 0 bridgehead atoms. The summed E-state index contributed by atoms with van der Waals surface area (Å²) in [4.78, 5) is 0. The van der Waals surface area contributed by atoms with Gasteiger partial charge in [0.1, 0.15) is 0 Å². The van der Waals surface area contributed by atoms with Crippen molar-refractivity contribution in [3.63, 3.8) is 0 Å². The van der Waals surface area contributed by atoms with E-state index in [1.807, 2.05) is 0 Å². The van der Waals surface area contributed by atoms with Gasteiger partial charge in [-0.25, -0.2) is 0 Å². The maximum absolute atomic E-state index is 6.07. The highest BCUT2D eigenvalue weighted by molar-refractivity contribution is 5.24. The van der Waals surface area contributed by atoms with Crippen molar-refractivity contribution in [2.45, 2.75) is 71.1 Å².